The molecule has 1 aromatic carbocycles. The normalized spacial score (nSPS) is 26.5. The number of aliphatic carboxylic acids is 1. The first-order valence-electron chi connectivity index (χ1n) is 6.66. The molecule has 1 saturated carbocycles. The number of carboxylic acid groups (broad SMARTS) is 1. The Labute approximate surface area is 128 Å². The van der Waals surface area contributed by atoms with E-state index in [1.165, 1.54) is 12.1 Å². The van der Waals surface area contributed by atoms with E-state index in [-0.39, 0.29) is 35.6 Å². The molecule has 0 bridgehead atoms. The second-order valence-electron chi connectivity index (χ2n) is 5.53. The second-order valence-corrected chi connectivity index (χ2v) is 7.89. The average Bonchev–Trinajstić information content (AvgIpc) is 2.38. The highest BCUT2D eigenvalue weighted by Crippen LogP contribution is 2.35. The summed E-state index contributed by atoms with van der Waals surface area (Å²) in [5.74, 6) is -1.84. The van der Waals surface area contributed by atoms with Gasteiger partial charge < -0.3 is 10.2 Å². The average molecular weight is 333 g/mol. The van der Waals surface area contributed by atoms with E-state index in [9.17, 15) is 18.3 Å². The van der Waals surface area contributed by atoms with Crippen LogP contribution in [0.4, 0.5) is 0 Å². The zero-order valence-electron chi connectivity index (χ0n) is 11.3. The summed E-state index contributed by atoms with van der Waals surface area (Å²) in [5, 5.41) is 19.5. The van der Waals surface area contributed by atoms with E-state index in [0.717, 1.165) is 0 Å². The van der Waals surface area contributed by atoms with Crippen molar-refractivity contribution in [2.75, 3.05) is 5.75 Å². The molecular formula is C14H17ClO5S. The van der Waals surface area contributed by atoms with Crippen molar-refractivity contribution in [1.82, 2.24) is 0 Å². The Bertz CT molecular complexity index is 633. The lowest BCUT2D eigenvalue weighted by atomic mass is 9.80. The number of sulfone groups is 1. The molecular weight excluding hydrogens is 316 g/mol. The first-order valence-corrected chi connectivity index (χ1v) is 8.69. The van der Waals surface area contributed by atoms with Crippen LogP contribution in [0, 0.1) is 5.92 Å². The predicted octanol–water partition coefficient (Wildman–Crippen LogP) is 2.12. The molecule has 0 radical (unpaired) electrons. The Morgan fingerprint density at radius 3 is 2.38 bits per heavy atom. The maximum absolute atomic E-state index is 12.4. The first-order chi connectivity index (χ1) is 9.73. The molecule has 0 aromatic heterocycles. The van der Waals surface area contributed by atoms with Crippen LogP contribution in [0.2, 0.25) is 5.02 Å². The monoisotopic (exact) mass is 332 g/mol. The van der Waals surface area contributed by atoms with E-state index in [1.807, 2.05) is 0 Å². The summed E-state index contributed by atoms with van der Waals surface area (Å²) in [6, 6.07) is 6.10. The molecule has 0 saturated heterocycles. The molecule has 0 atom stereocenters. The van der Waals surface area contributed by atoms with E-state index in [2.05, 4.69) is 0 Å². The van der Waals surface area contributed by atoms with Gasteiger partial charge in [0.25, 0.3) is 0 Å². The predicted molar refractivity (Wildman–Crippen MR) is 78.0 cm³/mol. The highest BCUT2D eigenvalue weighted by Gasteiger charge is 2.39. The lowest BCUT2D eigenvalue weighted by molar-refractivity contribution is -0.144. The number of carbonyl (C=O) groups is 1. The molecule has 1 aromatic rings. The number of rotatable bonds is 4. The first kappa shape index (κ1) is 16.3. The van der Waals surface area contributed by atoms with Gasteiger partial charge in [-0.15, -0.1) is 0 Å². The molecule has 0 aliphatic heterocycles. The number of carboxylic acids is 1. The van der Waals surface area contributed by atoms with Gasteiger partial charge in [-0.3, -0.25) is 4.79 Å². The highest BCUT2D eigenvalue weighted by atomic mass is 35.5. The summed E-state index contributed by atoms with van der Waals surface area (Å²) < 4.78 is 24.8. The third kappa shape index (κ3) is 3.75. The van der Waals surface area contributed by atoms with Crippen molar-refractivity contribution in [1.29, 1.82) is 0 Å². The van der Waals surface area contributed by atoms with Gasteiger partial charge in [-0.05, 0) is 37.8 Å². The SMILES string of the molecule is O=C(O)C1CCC(O)(CS(=O)(=O)c2ccccc2Cl)CC1. The molecule has 1 aliphatic carbocycles. The second kappa shape index (κ2) is 5.94. The third-order valence-electron chi connectivity index (χ3n) is 3.90. The van der Waals surface area contributed by atoms with Crippen LogP contribution >= 0.6 is 11.6 Å². The Balaban J connectivity index is 2.14. The van der Waals surface area contributed by atoms with E-state index >= 15 is 0 Å². The van der Waals surface area contributed by atoms with Crippen molar-refractivity contribution in [3.8, 4) is 0 Å². The zero-order valence-corrected chi connectivity index (χ0v) is 12.9. The summed E-state index contributed by atoms with van der Waals surface area (Å²) in [6.45, 7) is 0. The minimum absolute atomic E-state index is 0.000416. The topological polar surface area (TPSA) is 91.7 Å². The number of halogens is 1. The summed E-state index contributed by atoms with van der Waals surface area (Å²) in [7, 11) is -3.72. The number of benzene rings is 1. The highest BCUT2D eigenvalue weighted by molar-refractivity contribution is 7.91. The van der Waals surface area contributed by atoms with Crippen LogP contribution in [0.1, 0.15) is 25.7 Å². The van der Waals surface area contributed by atoms with Gasteiger partial charge in [0.15, 0.2) is 9.84 Å². The van der Waals surface area contributed by atoms with Crippen LogP contribution < -0.4 is 0 Å². The van der Waals surface area contributed by atoms with Crippen LogP contribution in [0.3, 0.4) is 0 Å². The maximum Gasteiger partial charge on any atom is 0.306 e. The van der Waals surface area contributed by atoms with Gasteiger partial charge in [0.1, 0.15) is 0 Å². The Morgan fingerprint density at radius 2 is 1.86 bits per heavy atom. The molecule has 0 spiro atoms. The summed E-state index contributed by atoms with van der Waals surface area (Å²) in [4.78, 5) is 10.9. The standard InChI is InChI=1S/C14H17ClO5S/c15-11-3-1-2-4-12(11)21(19,20)9-14(18)7-5-10(6-8-14)13(16)17/h1-4,10,18H,5-9H2,(H,16,17). The number of hydrogen-bond donors (Lipinski definition) is 2. The molecule has 7 heteroatoms. The molecule has 21 heavy (non-hydrogen) atoms. The fourth-order valence-electron chi connectivity index (χ4n) is 2.67. The molecule has 1 fully saturated rings. The van der Waals surface area contributed by atoms with Crippen LogP contribution in [-0.2, 0) is 14.6 Å². The van der Waals surface area contributed by atoms with Gasteiger partial charge in [-0.2, -0.15) is 0 Å². The van der Waals surface area contributed by atoms with Crippen molar-refractivity contribution in [2.45, 2.75) is 36.2 Å². The number of hydrogen-bond acceptors (Lipinski definition) is 4. The van der Waals surface area contributed by atoms with E-state index in [4.69, 9.17) is 16.7 Å². The molecule has 116 valence electrons. The van der Waals surface area contributed by atoms with Crippen molar-refractivity contribution < 1.29 is 23.4 Å². The Hall–Kier alpha value is -1.11. The Morgan fingerprint density at radius 1 is 1.29 bits per heavy atom. The van der Waals surface area contributed by atoms with Crippen LogP contribution in [-0.4, -0.2) is 36.0 Å². The lowest BCUT2D eigenvalue weighted by Gasteiger charge is -2.34. The van der Waals surface area contributed by atoms with Crippen molar-refractivity contribution in [3.05, 3.63) is 29.3 Å². The van der Waals surface area contributed by atoms with Gasteiger partial charge in [0, 0.05) is 0 Å². The van der Waals surface area contributed by atoms with Gasteiger partial charge >= 0.3 is 5.97 Å². The van der Waals surface area contributed by atoms with Crippen LogP contribution in [0.5, 0.6) is 0 Å². The lowest BCUT2D eigenvalue weighted by Crippen LogP contribution is -2.42. The number of aliphatic hydroxyl groups is 1. The van der Waals surface area contributed by atoms with Gasteiger partial charge in [-0.25, -0.2) is 8.42 Å². The minimum atomic E-state index is -3.72. The van der Waals surface area contributed by atoms with Crippen molar-refractivity contribution in [2.24, 2.45) is 5.92 Å². The van der Waals surface area contributed by atoms with Gasteiger partial charge in [-0.1, -0.05) is 23.7 Å². The fourth-order valence-corrected chi connectivity index (χ4v) is 4.97. The quantitative estimate of drug-likeness (QED) is 0.881. The van der Waals surface area contributed by atoms with E-state index < -0.39 is 33.1 Å². The Kier molecular flexibility index (Phi) is 4.60. The summed E-state index contributed by atoms with van der Waals surface area (Å²) in [5.41, 5.74) is -1.38. The zero-order chi connectivity index (χ0) is 15.7. The maximum atomic E-state index is 12.4. The molecule has 5 nitrogen and oxygen atoms in total. The van der Waals surface area contributed by atoms with Crippen molar-refractivity contribution >= 4 is 27.4 Å². The molecule has 1 aliphatic rings. The molecule has 0 amide bonds. The molecule has 2 rings (SSSR count). The smallest absolute Gasteiger partial charge is 0.306 e. The molecule has 0 heterocycles. The largest absolute Gasteiger partial charge is 0.481 e. The van der Waals surface area contributed by atoms with E-state index in [0.29, 0.717) is 0 Å². The van der Waals surface area contributed by atoms with Gasteiger partial charge in [0.2, 0.25) is 0 Å². The minimum Gasteiger partial charge on any atom is -0.481 e. The van der Waals surface area contributed by atoms with Crippen LogP contribution in [0.25, 0.3) is 0 Å². The third-order valence-corrected chi connectivity index (χ3v) is 6.28. The summed E-state index contributed by atoms with van der Waals surface area (Å²) in [6.07, 6.45) is 0.884. The van der Waals surface area contributed by atoms with E-state index in [1.54, 1.807) is 12.1 Å². The fraction of sp³-hybridized carbons (Fsp3) is 0.500. The van der Waals surface area contributed by atoms with Gasteiger partial charge in [0.05, 0.1) is 27.2 Å². The van der Waals surface area contributed by atoms with Crippen LogP contribution in [0.15, 0.2) is 29.2 Å². The summed E-state index contributed by atoms with van der Waals surface area (Å²) >= 11 is 5.90. The van der Waals surface area contributed by atoms with Crippen molar-refractivity contribution in [3.63, 3.8) is 0 Å². The molecule has 0 unspecified atom stereocenters. The molecule has 2 N–H and O–H groups in total.